The minimum atomic E-state index is -2.94. The smallest absolute Gasteiger partial charge is 0.358 e. The van der Waals surface area contributed by atoms with Crippen LogP contribution in [-0.2, 0) is 4.74 Å². The highest BCUT2D eigenvalue weighted by molar-refractivity contribution is 5.86. The summed E-state index contributed by atoms with van der Waals surface area (Å²) in [6.07, 6.45) is -2.46. The van der Waals surface area contributed by atoms with Gasteiger partial charge in [-0.3, -0.25) is 0 Å². The number of halogens is 2. The van der Waals surface area contributed by atoms with Crippen molar-refractivity contribution in [2.24, 2.45) is 0 Å². The van der Waals surface area contributed by atoms with Gasteiger partial charge < -0.3 is 9.84 Å². The zero-order valence-corrected chi connectivity index (χ0v) is 9.43. The summed E-state index contributed by atoms with van der Waals surface area (Å²) >= 11 is 0. The van der Waals surface area contributed by atoms with E-state index in [-0.39, 0.29) is 6.61 Å². The highest BCUT2D eigenvalue weighted by atomic mass is 19.3. The molecule has 0 saturated heterocycles. The summed E-state index contributed by atoms with van der Waals surface area (Å²) in [4.78, 5) is 10.7. The minimum absolute atomic E-state index is 0.165. The standard InChI is InChI=1S/C9H13F2N3O3/c1-3-5(4-17-2)14-7(8(10)11)6(9(15)16)12-13-14/h5,8H,3-4H2,1-2H3,(H,15,16). The van der Waals surface area contributed by atoms with Gasteiger partial charge in [0.2, 0.25) is 0 Å². The maximum Gasteiger partial charge on any atom is 0.358 e. The molecule has 8 heteroatoms. The van der Waals surface area contributed by atoms with E-state index in [1.54, 1.807) is 6.92 Å². The normalized spacial score (nSPS) is 13.0. The predicted molar refractivity (Wildman–Crippen MR) is 53.1 cm³/mol. The molecule has 6 nitrogen and oxygen atoms in total. The molecule has 0 saturated carbocycles. The first-order valence-electron chi connectivity index (χ1n) is 4.98. The molecule has 0 aliphatic heterocycles. The Morgan fingerprint density at radius 2 is 2.24 bits per heavy atom. The molecule has 96 valence electrons. The van der Waals surface area contributed by atoms with Crippen molar-refractivity contribution in [3.8, 4) is 0 Å². The van der Waals surface area contributed by atoms with Crippen molar-refractivity contribution in [1.29, 1.82) is 0 Å². The second-order valence-corrected chi connectivity index (χ2v) is 3.39. The van der Waals surface area contributed by atoms with Crippen LogP contribution in [0.2, 0.25) is 0 Å². The van der Waals surface area contributed by atoms with E-state index < -0.39 is 29.8 Å². The van der Waals surface area contributed by atoms with Crippen LogP contribution in [-0.4, -0.2) is 39.8 Å². The quantitative estimate of drug-likeness (QED) is 0.826. The zero-order valence-electron chi connectivity index (χ0n) is 9.43. The molecule has 0 aromatic carbocycles. The van der Waals surface area contributed by atoms with Crippen molar-refractivity contribution in [1.82, 2.24) is 15.0 Å². The Bertz CT molecular complexity index is 395. The maximum absolute atomic E-state index is 12.8. The number of alkyl halides is 2. The van der Waals surface area contributed by atoms with Crippen molar-refractivity contribution in [3.05, 3.63) is 11.4 Å². The van der Waals surface area contributed by atoms with Gasteiger partial charge in [0.1, 0.15) is 5.69 Å². The van der Waals surface area contributed by atoms with Crippen LogP contribution in [0.1, 0.15) is 42.0 Å². The lowest BCUT2D eigenvalue weighted by Crippen LogP contribution is -2.19. The molecule has 1 heterocycles. The van der Waals surface area contributed by atoms with Crippen LogP contribution >= 0.6 is 0 Å². The second-order valence-electron chi connectivity index (χ2n) is 3.39. The van der Waals surface area contributed by atoms with Crippen molar-refractivity contribution in [2.75, 3.05) is 13.7 Å². The van der Waals surface area contributed by atoms with Crippen molar-refractivity contribution < 1.29 is 23.4 Å². The summed E-state index contributed by atoms with van der Waals surface area (Å²) in [6.45, 7) is 1.93. The van der Waals surface area contributed by atoms with E-state index in [0.29, 0.717) is 6.42 Å². The van der Waals surface area contributed by atoms with Crippen LogP contribution in [0.3, 0.4) is 0 Å². The number of carboxylic acid groups (broad SMARTS) is 1. The molecule has 1 unspecified atom stereocenters. The van der Waals surface area contributed by atoms with Crippen LogP contribution < -0.4 is 0 Å². The Labute approximate surface area is 96.2 Å². The van der Waals surface area contributed by atoms with E-state index >= 15 is 0 Å². The van der Waals surface area contributed by atoms with E-state index in [1.165, 1.54) is 7.11 Å². The predicted octanol–water partition coefficient (Wildman–Crippen LogP) is 1.51. The van der Waals surface area contributed by atoms with Crippen molar-refractivity contribution in [2.45, 2.75) is 25.8 Å². The van der Waals surface area contributed by atoms with Crippen molar-refractivity contribution in [3.63, 3.8) is 0 Å². The zero-order chi connectivity index (χ0) is 13.0. The van der Waals surface area contributed by atoms with Crippen LogP contribution in [0, 0.1) is 0 Å². The Balaban J connectivity index is 3.19. The lowest BCUT2D eigenvalue weighted by atomic mass is 10.2. The van der Waals surface area contributed by atoms with Gasteiger partial charge >= 0.3 is 5.97 Å². The molecule has 0 aliphatic carbocycles. The largest absolute Gasteiger partial charge is 0.476 e. The molecule has 1 atom stereocenters. The number of carbonyl (C=O) groups is 1. The minimum Gasteiger partial charge on any atom is -0.476 e. The Morgan fingerprint density at radius 3 is 2.65 bits per heavy atom. The summed E-state index contributed by atoms with van der Waals surface area (Å²) in [5.74, 6) is -1.51. The number of methoxy groups -OCH3 is 1. The first kappa shape index (κ1) is 13.5. The summed E-state index contributed by atoms with van der Waals surface area (Å²) in [5.41, 5.74) is -1.39. The van der Waals surface area contributed by atoms with Gasteiger partial charge in [-0.25, -0.2) is 18.3 Å². The van der Waals surface area contributed by atoms with E-state index in [9.17, 15) is 13.6 Å². The molecule has 0 bridgehead atoms. The molecule has 0 fully saturated rings. The number of carboxylic acids is 1. The van der Waals surface area contributed by atoms with Crippen LogP contribution in [0.15, 0.2) is 0 Å². The first-order valence-corrected chi connectivity index (χ1v) is 4.98. The second kappa shape index (κ2) is 5.67. The molecular formula is C9H13F2N3O3. The third-order valence-electron chi connectivity index (χ3n) is 2.32. The van der Waals surface area contributed by atoms with E-state index in [4.69, 9.17) is 9.84 Å². The molecule has 0 spiro atoms. The Hall–Kier alpha value is -1.57. The number of hydrogen-bond acceptors (Lipinski definition) is 4. The number of rotatable bonds is 6. The number of hydrogen-bond donors (Lipinski definition) is 1. The number of ether oxygens (including phenoxy) is 1. The van der Waals surface area contributed by atoms with Gasteiger partial charge in [0.15, 0.2) is 5.69 Å². The molecule has 0 aliphatic rings. The third kappa shape index (κ3) is 2.76. The molecule has 1 rings (SSSR count). The highest BCUT2D eigenvalue weighted by Crippen LogP contribution is 2.25. The molecule has 1 aromatic heterocycles. The average Bonchev–Trinajstić information content (AvgIpc) is 2.70. The van der Waals surface area contributed by atoms with E-state index in [1.807, 2.05) is 0 Å². The SMILES string of the molecule is CCC(COC)n1nnc(C(=O)O)c1C(F)F. The van der Waals surface area contributed by atoms with Gasteiger partial charge in [0.25, 0.3) is 6.43 Å². The fourth-order valence-corrected chi connectivity index (χ4v) is 1.48. The lowest BCUT2D eigenvalue weighted by molar-refractivity contribution is 0.0672. The average molecular weight is 249 g/mol. The fraction of sp³-hybridized carbons (Fsp3) is 0.667. The molecule has 1 aromatic rings. The number of aromatic carboxylic acids is 1. The molecule has 0 radical (unpaired) electrons. The van der Waals surface area contributed by atoms with Crippen molar-refractivity contribution >= 4 is 5.97 Å². The van der Waals surface area contributed by atoms with Crippen LogP contribution in [0.25, 0.3) is 0 Å². The molecule has 1 N–H and O–H groups in total. The summed E-state index contributed by atoms with van der Waals surface area (Å²) in [5, 5.41) is 15.5. The van der Waals surface area contributed by atoms with Gasteiger partial charge in [-0.05, 0) is 6.42 Å². The summed E-state index contributed by atoms with van der Waals surface area (Å²) in [7, 11) is 1.43. The van der Waals surface area contributed by atoms with Crippen LogP contribution in [0.5, 0.6) is 0 Å². The number of nitrogens with zero attached hydrogens (tertiary/aromatic N) is 3. The third-order valence-corrected chi connectivity index (χ3v) is 2.32. The number of aromatic nitrogens is 3. The summed E-state index contributed by atoms with van der Waals surface area (Å²) in [6, 6.07) is -0.454. The molecule has 17 heavy (non-hydrogen) atoms. The van der Waals surface area contributed by atoms with Gasteiger partial charge in [0.05, 0.1) is 12.6 Å². The first-order chi connectivity index (χ1) is 8.02. The Morgan fingerprint density at radius 1 is 1.59 bits per heavy atom. The van der Waals surface area contributed by atoms with E-state index in [0.717, 1.165) is 4.68 Å². The Kier molecular flexibility index (Phi) is 4.50. The summed E-state index contributed by atoms with van der Waals surface area (Å²) < 4.78 is 31.4. The van der Waals surface area contributed by atoms with Gasteiger partial charge in [0, 0.05) is 7.11 Å². The van der Waals surface area contributed by atoms with E-state index in [2.05, 4.69) is 10.3 Å². The molecule has 0 amide bonds. The monoisotopic (exact) mass is 249 g/mol. The van der Waals surface area contributed by atoms with Gasteiger partial charge in [-0.1, -0.05) is 12.1 Å². The fourth-order valence-electron chi connectivity index (χ4n) is 1.48. The van der Waals surface area contributed by atoms with Crippen LogP contribution in [0.4, 0.5) is 8.78 Å². The topological polar surface area (TPSA) is 77.2 Å². The highest BCUT2D eigenvalue weighted by Gasteiger charge is 2.29. The maximum atomic E-state index is 12.8. The van der Waals surface area contributed by atoms with Gasteiger partial charge in [-0.15, -0.1) is 5.10 Å². The lowest BCUT2D eigenvalue weighted by Gasteiger charge is -2.16. The molecular weight excluding hydrogens is 236 g/mol. The van der Waals surface area contributed by atoms with Gasteiger partial charge in [-0.2, -0.15) is 0 Å².